The van der Waals surface area contributed by atoms with E-state index in [2.05, 4.69) is 4.99 Å². The van der Waals surface area contributed by atoms with Crippen molar-refractivity contribution in [3.05, 3.63) is 35.9 Å². The highest BCUT2D eigenvalue weighted by molar-refractivity contribution is 5.86. The smallest absolute Gasteiger partial charge is 0.159 e. The molecule has 86 valence electrons. The van der Waals surface area contributed by atoms with Crippen molar-refractivity contribution < 1.29 is 8.78 Å². The molecule has 1 heterocycles. The number of nitrogens with zero attached hydrogens (tertiary/aromatic N) is 1. The zero-order valence-electron chi connectivity index (χ0n) is 9.03. The Morgan fingerprint density at radius 3 is 2.56 bits per heavy atom. The Hall–Kier alpha value is -1.45. The number of benzene rings is 1. The van der Waals surface area contributed by atoms with E-state index in [9.17, 15) is 8.78 Å². The number of halogens is 2. The second kappa shape index (κ2) is 3.85. The first-order valence-electron chi connectivity index (χ1n) is 5.23. The number of alkyl halides is 2. The minimum Gasteiger partial charge on any atom is -0.385 e. The average Bonchev–Trinajstić information content (AvgIpc) is 2.28. The van der Waals surface area contributed by atoms with E-state index in [0.29, 0.717) is 0 Å². The molecule has 0 saturated carbocycles. The summed E-state index contributed by atoms with van der Waals surface area (Å²) in [6.45, 7) is 1.64. The number of amidine groups is 1. The zero-order valence-corrected chi connectivity index (χ0v) is 9.03. The van der Waals surface area contributed by atoms with Crippen LogP contribution in [0.3, 0.4) is 0 Å². The highest BCUT2D eigenvalue weighted by Gasteiger charge is 2.42. The molecule has 4 heteroatoms. The molecule has 0 bridgehead atoms. The molecule has 0 radical (unpaired) electrons. The van der Waals surface area contributed by atoms with Crippen LogP contribution in [-0.2, 0) is 5.54 Å². The summed E-state index contributed by atoms with van der Waals surface area (Å²) in [4.78, 5) is 3.99. The van der Waals surface area contributed by atoms with Gasteiger partial charge in [0.1, 0.15) is 17.5 Å². The molecule has 1 aromatic carbocycles. The maximum atomic E-state index is 13.9. The van der Waals surface area contributed by atoms with Crippen LogP contribution >= 0.6 is 0 Å². The Kier molecular flexibility index (Phi) is 2.66. The molecular weight excluding hydrogens is 210 g/mol. The number of hydrogen-bond acceptors (Lipinski definition) is 2. The molecule has 1 aromatic rings. The van der Waals surface area contributed by atoms with Crippen molar-refractivity contribution in [3.8, 4) is 0 Å². The van der Waals surface area contributed by atoms with Crippen LogP contribution in [-0.4, -0.2) is 18.2 Å². The van der Waals surface area contributed by atoms with Gasteiger partial charge in [0, 0.05) is 6.42 Å². The second-order valence-electron chi connectivity index (χ2n) is 4.22. The van der Waals surface area contributed by atoms with Crippen molar-refractivity contribution in [3.63, 3.8) is 0 Å². The van der Waals surface area contributed by atoms with E-state index < -0.39 is 17.9 Å². The zero-order chi connectivity index (χ0) is 11.8. The molecule has 0 saturated heterocycles. The Morgan fingerprint density at radius 1 is 1.31 bits per heavy atom. The van der Waals surface area contributed by atoms with E-state index in [1.54, 1.807) is 31.2 Å². The van der Waals surface area contributed by atoms with Crippen LogP contribution in [0, 0.1) is 0 Å². The molecule has 16 heavy (non-hydrogen) atoms. The maximum Gasteiger partial charge on any atom is 0.159 e. The van der Waals surface area contributed by atoms with E-state index in [0.717, 1.165) is 5.56 Å². The van der Waals surface area contributed by atoms with E-state index in [-0.39, 0.29) is 12.3 Å². The minimum absolute atomic E-state index is 0.111. The van der Waals surface area contributed by atoms with Gasteiger partial charge in [-0.3, -0.25) is 4.99 Å². The molecule has 0 aliphatic carbocycles. The first kappa shape index (κ1) is 11.0. The van der Waals surface area contributed by atoms with E-state index in [1.165, 1.54) is 0 Å². The van der Waals surface area contributed by atoms with Crippen LogP contribution in [0.25, 0.3) is 0 Å². The first-order chi connectivity index (χ1) is 7.54. The van der Waals surface area contributed by atoms with Gasteiger partial charge in [-0.25, -0.2) is 8.78 Å². The van der Waals surface area contributed by atoms with Crippen molar-refractivity contribution in [1.82, 2.24) is 0 Å². The lowest BCUT2D eigenvalue weighted by molar-refractivity contribution is 0.152. The lowest BCUT2D eigenvalue weighted by atomic mass is 9.83. The fourth-order valence-corrected chi connectivity index (χ4v) is 1.96. The van der Waals surface area contributed by atoms with Gasteiger partial charge in [-0.1, -0.05) is 30.3 Å². The molecule has 0 aromatic heterocycles. The number of hydrogen-bond donors (Lipinski definition) is 1. The van der Waals surface area contributed by atoms with E-state index in [1.807, 2.05) is 6.07 Å². The largest absolute Gasteiger partial charge is 0.385 e. The summed E-state index contributed by atoms with van der Waals surface area (Å²) in [7, 11) is 0. The van der Waals surface area contributed by atoms with Gasteiger partial charge >= 0.3 is 0 Å². The minimum atomic E-state index is -1.47. The molecule has 0 fully saturated rings. The quantitative estimate of drug-likeness (QED) is 0.781. The molecule has 2 N–H and O–H groups in total. The van der Waals surface area contributed by atoms with Gasteiger partial charge in [0.2, 0.25) is 0 Å². The molecule has 1 aliphatic heterocycles. The Morgan fingerprint density at radius 2 is 1.94 bits per heavy atom. The molecular formula is C12H14F2N2. The van der Waals surface area contributed by atoms with Gasteiger partial charge in [0.05, 0.1) is 0 Å². The molecule has 0 amide bonds. The summed E-state index contributed by atoms with van der Waals surface area (Å²) >= 11 is 0. The lowest BCUT2D eigenvalue weighted by Crippen LogP contribution is -2.44. The normalized spacial score (nSPS) is 34.6. The van der Waals surface area contributed by atoms with Crippen LogP contribution in [0.2, 0.25) is 0 Å². The van der Waals surface area contributed by atoms with Crippen molar-refractivity contribution in [2.45, 2.75) is 31.2 Å². The van der Waals surface area contributed by atoms with Gasteiger partial charge in [0.15, 0.2) is 6.17 Å². The third-order valence-corrected chi connectivity index (χ3v) is 3.06. The topological polar surface area (TPSA) is 38.4 Å². The van der Waals surface area contributed by atoms with Crippen LogP contribution in [0.1, 0.15) is 18.9 Å². The number of rotatable bonds is 1. The number of aliphatic imine (C=N–C) groups is 1. The van der Waals surface area contributed by atoms with Crippen molar-refractivity contribution in [2.75, 3.05) is 0 Å². The second-order valence-corrected chi connectivity index (χ2v) is 4.22. The summed E-state index contributed by atoms with van der Waals surface area (Å²) in [5, 5.41) is 0. The van der Waals surface area contributed by atoms with Crippen molar-refractivity contribution >= 4 is 5.84 Å². The molecule has 2 rings (SSSR count). The lowest BCUT2D eigenvalue weighted by Gasteiger charge is -2.34. The fraction of sp³-hybridized carbons (Fsp3) is 0.417. The summed E-state index contributed by atoms with van der Waals surface area (Å²) in [6.07, 6.45) is -3.04. The molecule has 3 unspecified atom stereocenters. The van der Waals surface area contributed by atoms with E-state index >= 15 is 0 Å². The van der Waals surface area contributed by atoms with Gasteiger partial charge < -0.3 is 5.73 Å². The Balaban J connectivity index is 2.45. The highest BCUT2D eigenvalue weighted by atomic mass is 19.1. The third kappa shape index (κ3) is 1.68. The van der Waals surface area contributed by atoms with Gasteiger partial charge in [-0.05, 0) is 12.5 Å². The molecule has 1 aliphatic rings. The monoisotopic (exact) mass is 224 g/mol. The van der Waals surface area contributed by atoms with Crippen LogP contribution in [0.15, 0.2) is 35.3 Å². The van der Waals surface area contributed by atoms with Crippen LogP contribution in [0.5, 0.6) is 0 Å². The summed E-state index contributed by atoms with van der Waals surface area (Å²) in [6, 6.07) is 9.01. The third-order valence-electron chi connectivity index (χ3n) is 3.06. The summed E-state index contributed by atoms with van der Waals surface area (Å²) < 4.78 is 27.1. The average molecular weight is 224 g/mol. The van der Waals surface area contributed by atoms with Crippen LogP contribution < -0.4 is 5.73 Å². The first-order valence-corrected chi connectivity index (χ1v) is 5.23. The Labute approximate surface area is 93.2 Å². The SMILES string of the molecule is CC1(c2ccccc2)N=C(N)C(F)CC1F. The maximum absolute atomic E-state index is 13.9. The number of nitrogens with two attached hydrogens (primary N) is 1. The molecule has 0 spiro atoms. The predicted octanol–water partition coefficient (Wildman–Crippen LogP) is 2.34. The predicted molar refractivity (Wildman–Crippen MR) is 59.8 cm³/mol. The molecule has 3 atom stereocenters. The van der Waals surface area contributed by atoms with Crippen molar-refractivity contribution in [1.29, 1.82) is 0 Å². The van der Waals surface area contributed by atoms with Crippen molar-refractivity contribution in [2.24, 2.45) is 10.7 Å². The highest BCUT2D eigenvalue weighted by Crippen LogP contribution is 2.37. The standard InChI is InChI=1S/C12H14F2N2/c1-12(8-5-3-2-4-6-8)10(14)7-9(13)11(15)16-12/h2-6,9-10H,7H2,1H3,(H2,15,16). The van der Waals surface area contributed by atoms with Gasteiger partial charge in [0.25, 0.3) is 0 Å². The van der Waals surface area contributed by atoms with E-state index in [4.69, 9.17) is 5.73 Å². The van der Waals surface area contributed by atoms with Gasteiger partial charge in [-0.15, -0.1) is 0 Å². The van der Waals surface area contributed by atoms with Crippen LogP contribution in [0.4, 0.5) is 8.78 Å². The summed E-state index contributed by atoms with van der Waals surface area (Å²) in [5.74, 6) is -0.111. The van der Waals surface area contributed by atoms with Gasteiger partial charge in [-0.2, -0.15) is 0 Å². The summed E-state index contributed by atoms with van der Waals surface area (Å²) in [5.41, 5.74) is 5.12. The Bertz CT molecular complexity index is 405. The fourth-order valence-electron chi connectivity index (χ4n) is 1.96. The molecule has 2 nitrogen and oxygen atoms in total.